The minimum absolute atomic E-state index is 0.941. The molecule has 1 aliphatic rings. The summed E-state index contributed by atoms with van der Waals surface area (Å²) in [5.74, 6) is 0. The van der Waals surface area contributed by atoms with Gasteiger partial charge >= 0.3 is 0 Å². The summed E-state index contributed by atoms with van der Waals surface area (Å²) in [7, 11) is 2.65. The lowest BCUT2D eigenvalue weighted by Crippen LogP contribution is -1.91. The molecule has 2 heteroatoms. The van der Waals surface area contributed by atoms with Crippen LogP contribution in [0.4, 0.5) is 0 Å². The zero-order valence-electron chi connectivity index (χ0n) is 4.42. The molecule has 0 spiro atoms. The van der Waals surface area contributed by atoms with Crippen molar-refractivity contribution >= 4 is 26.3 Å². The van der Waals surface area contributed by atoms with Gasteiger partial charge in [-0.3, -0.25) is 0 Å². The van der Waals surface area contributed by atoms with Gasteiger partial charge in [-0.05, 0) is 11.4 Å². The van der Waals surface area contributed by atoms with Gasteiger partial charge in [0.1, 0.15) is 0 Å². The Hall–Kier alpha value is -0.0000000000000000278. The molecule has 0 aromatic carbocycles. The molecular formula is C6H7PS. The standard InChI is InChI=1S/C6H7PS/c7-5-2-1-3-6(8)4-5/h1-3H,4,7H2. The van der Waals surface area contributed by atoms with Gasteiger partial charge in [-0.15, -0.1) is 9.24 Å². The van der Waals surface area contributed by atoms with Crippen LogP contribution in [0.25, 0.3) is 0 Å². The Morgan fingerprint density at radius 1 is 1.62 bits per heavy atom. The molecule has 8 heavy (non-hydrogen) atoms. The minimum atomic E-state index is 0.941. The van der Waals surface area contributed by atoms with Gasteiger partial charge in [-0.1, -0.05) is 24.4 Å². The number of rotatable bonds is 0. The summed E-state index contributed by atoms with van der Waals surface area (Å²) in [5, 5.41) is 1.28. The van der Waals surface area contributed by atoms with Crippen LogP contribution in [0.2, 0.25) is 0 Å². The molecule has 0 bridgehead atoms. The number of hydrogen-bond donors (Lipinski definition) is 0. The van der Waals surface area contributed by atoms with E-state index in [0.717, 1.165) is 11.3 Å². The van der Waals surface area contributed by atoms with E-state index < -0.39 is 0 Å². The Balaban J connectivity index is 2.73. The normalized spacial score (nSPS) is 18.6. The van der Waals surface area contributed by atoms with Crippen molar-refractivity contribution in [3.8, 4) is 0 Å². The molecule has 1 unspecified atom stereocenters. The maximum Gasteiger partial charge on any atom is 0.0196 e. The highest BCUT2D eigenvalue weighted by Crippen LogP contribution is 2.15. The zero-order valence-corrected chi connectivity index (χ0v) is 6.40. The molecule has 0 aliphatic heterocycles. The second kappa shape index (κ2) is 2.52. The molecule has 0 N–H and O–H groups in total. The van der Waals surface area contributed by atoms with Gasteiger partial charge in [0, 0.05) is 11.3 Å². The van der Waals surface area contributed by atoms with Crippen LogP contribution in [0, 0.1) is 0 Å². The van der Waals surface area contributed by atoms with Crippen LogP contribution in [-0.4, -0.2) is 4.86 Å². The van der Waals surface area contributed by atoms with Crippen LogP contribution in [-0.2, 0) is 0 Å². The zero-order chi connectivity index (χ0) is 5.98. The largest absolute Gasteiger partial charge is 0.110 e. The van der Waals surface area contributed by atoms with Crippen molar-refractivity contribution in [2.24, 2.45) is 0 Å². The molecule has 1 atom stereocenters. The monoisotopic (exact) mass is 142 g/mol. The summed E-state index contributed by atoms with van der Waals surface area (Å²) < 4.78 is 0. The SMILES string of the molecule is PC1=CC=CC(=S)C1. The average molecular weight is 142 g/mol. The Kier molecular flexibility index (Phi) is 1.93. The molecule has 0 nitrogen and oxygen atoms in total. The Morgan fingerprint density at radius 3 is 2.75 bits per heavy atom. The van der Waals surface area contributed by atoms with Crippen LogP contribution >= 0.6 is 21.5 Å². The van der Waals surface area contributed by atoms with Crippen LogP contribution in [0.1, 0.15) is 6.42 Å². The fourth-order valence-corrected chi connectivity index (χ4v) is 1.32. The van der Waals surface area contributed by atoms with E-state index >= 15 is 0 Å². The Morgan fingerprint density at radius 2 is 2.38 bits per heavy atom. The summed E-state index contributed by atoms with van der Waals surface area (Å²) in [6.07, 6.45) is 6.94. The van der Waals surface area contributed by atoms with Crippen molar-refractivity contribution in [2.45, 2.75) is 6.42 Å². The second-order valence-electron chi connectivity index (χ2n) is 1.74. The molecular weight excluding hydrogens is 135 g/mol. The molecule has 42 valence electrons. The lowest BCUT2D eigenvalue weighted by atomic mass is 10.2. The first-order valence-corrected chi connectivity index (χ1v) is 3.43. The molecule has 0 aromatic heterocycles. The highest BCUT2D eigenvalue weighted by Gasteiger charge is 1.96. The van der Waals surface area contributed by atoms with E-state index in [2.05, 4.69) is 15.3 Å². The molecule has 1 aliphatic carbocycles. The predicted octanol–water partition coefficient (Wildman–Crippen LogP) is 2.08. The minimum Gasteiger partial charge on any atom is -0.110 e. The average Bonchev–Trinajstić information content (AvgIpc) is 1.64. The van der Waals surface area contributed by atoms with E-state index in [9.17, 15) is 0 Å². The smallest absolute Gasteiger partial charge is 0.0196 e. The number of thiocarbonyl (C=S) groups is 1. The maximum atomic E-state index is 4.94. The molecule has 0 aromatic rings. The van der Waals surface area contributed by atoms with Crippen molar-refractivity contribution < 1.29 is 0 Å². The second-order valence-corrected chi connectivity index (χ2v) is 3.01. The molecule has 0 saturated carbocycles. The van der Waals surface area contributed by atoms with E-state index in [1.807, 2.05) is 12.2 Å². The third kappa shape index (κ3) is 1.50. The van der Waals surface area contributed by atoms with Crippen molar-refractivity contribution in [3.05, 3.63) is 23.5 Å². The van der Waals surface area contributed by atoms with Gasteiger partial charge < -0.3 is 0 Å². The third-order valence-corrected chi connectivity index (χ3v) is 1.65. The maximum absolute atomic E-state index is 4.94. The van der Waals surface area contributed by atoms with Crippen LogP contribution in [0.3, 0.4) is 0 Å². The lowest BCUT2D eigenvalue weighted by molar-refractivity contribution is 1.46. The molecule has 0 heterocycles. The van der Waals surface area contributed by atoms with E-state index in [4.69, 9.17) is 12.2 Å². The summed E-state index contributed by atoms with van der Waals surface area (Å²) in [5.41, 5.74) is 0. The lowest BCUT2D eigenvalue weighted by Gasteiger charge is -2.01. The summed E-state index contributed by atoms with van der Waals surface area (Å²) in [6, 6.07) is 0. The predicted molar refractivity (Wildman–Crippen MR) is 44.1 cm³/mol. The molecule has 0 amide bonds. The molecule has 0 radical (unpaired) electrons. The number of allylic oxidation sites excluding steroid dienone is 4. The Labute approximate surface area is 56.9 Å². The first-order valence-electron chi connectivity index (χ1n) is 2.44. The fraction of sp³-hybridized carbons (Fsp3) is 0.167. The van der Waals surface area contributed by atoms with Gasteiger partial charge in [0.15, 0.2) is 0 Å². The topological polar surface area (TPSA) is 0 Å². The number of hydrogen-bond acceptors (Lipinski definition) is 1. The van der Waals surface area contributed by atoms with Crippen LogP contribution in [0.5, 0.6) is 0 Å². The Bertz CT molecular complexity index is 167. The van der Waals surface area contributed by atoms with Gasteiger partial charge in [0.05, 0.1) is 0 Å². The van der Waals surface area contributed by atoms with Crippen molar-refractivity contribution in [2.75, 3.05) is 0 Å². The fourth-order valence-electron chi connectivity index (χ4n) is 0.598. The van der Waals surface area contributed by atoms with Gasteiger partial charge in [-0.2, -0.15) is 0 Å². The van der Waals surface area contributed by atoms with Gasteiger partial charge in [0.2, 0.25) is 0 Å². The van der Waals surface area contributed by atoms with E-state index in [0.29, 0.717) is 0 Å². The molecule has 0 fully saturated rings. The highest BCUT2D eigenvalue weighted by atomic mass is 32.1. The van der Waals surface area contributed by atoms with Crippen LogP contribution < -0.4 is 0 Å². The van der Waals surface area contributed by atoms with Crippen molar-refractivity contribution in [1.29, 1.82) is 0 Å². The first-order chi connectivity index (χ1) is 3.79. The third-order valence-electron chi connectivity index (χ3n) is 0.971. The van der Waals surface area contributed by atoms with Gasteiger partial charge in [-0.25, -0.2) is 0 Å². The van der Waals surface area contributed by atoms with Gasteiger partial charge in [0.25, 0.3) is 0 Å². The van der Waals surface area contributed by atoms with E-state index in [-0.39, 0.29) is 0 Å². The highest BCUT2D eigenvalue weighted by molar-refractivity contribution is 7.80. The van der Waals surface area contributed by atoms with E-state index in [1.165, 1.54) is 5.31 Å². The van der Waals surface area contributed by atoms with Crippen LogP contribution in [0.15, 0.2) is 23.5 Å². The summed E-state index contributed by atoms with van der Waals surface area (Å²) in [4.78, 5) is 1.03. The molecule has 0 saturated heterocycles. The quantitative estimate of drug-likeness (QED) is 0.368. The van der Waals surface area contributed by atoms with Crippen molar-refractivity contribution in [3.63, 3.8) is 0 Å². The van der Waals surface area contributed by atoms with Crippen molar-refractivity contribution in [1.82, 2.24) is 0 Å². The molecule has 1 rings (SSSR count). The van der Waals surface area contributed by atoms with E-state index in [1.54, 1.807) is 0 Å². The first kappa shape index (κ1) is 6.12. The summed E-state index contributed by atoms with van der Waals surface area (Å²) >= 11 is 4.94. The summed E-state index contributed by atoms with van der Waals surface area (Å²) in [6.45, 7) is 0.